The molecule has 0 aliphatic carbocycles. The van der Waals surface area contributed by atoms with Crippen molar-refractivity contribution < 1.29 is 14.0 Å². The lowest BCUT2D eigenvalue weighted by atomic mass is 10.1. The highest BCUT2D eigenvalue weighted by atomic mass is 19.1. The predicted molar refractivity (Wildman–Crippen MR) is 64.1 cm³/mol. The van der Waals surface area contributed by atoms with Crippen LogP contribution in [0.25, 0.3) is 0 Å². The molecule has 1 aromatic heterocycles. The molecular weight excluding hydrogens is 237 g/mol. The van der Waals surface area contributed by atoms with Crippen molar-refractivity contribution in [3.8, 4) is 0 Å². The Bertz CT molecular complexity index is 449. The van der Waals surface area contributed by atoms with Crippen molar-refractivity contribution in [2.75, 3.05) is 13.1 Å². The van der Waals surface area contributed by atoms with E-state index in [4.69, 9.17) is 5.73 Å². The first-order chi connectivity index (χ1) is 8.41. The van der Waals surface area contributed by atoms with Gasteiger partial charge in [-0.3, -0.25) is 14.6 Å². The highest BCUT2D eigenvalue weighted by molar-refractivity contribution is 5.96. The third-order valence-electron chi connectivity index (χ3n) is 2.22. The van der Waals surface area contributed by atoms with Crippen molar-refractivity contribution in [1.29, 1.82) is 0 Å². The van der Waals surface area contributed by atoms with E-state index in [1.165, 1.54) is 17.2 Å². The quantitative estimate of drug-likeness (QED) is 0.843. The molecule has 98 valence electrons. The van der Waals surface area contributed by atoms with Gasteiger partial charge in [0.25, 0.3) is 5.91 Å². The maximum Gasteiger partial charge on any atom is 0.257 e. The Morgan fingerprint density at radius 1 is 1.50 bits per heavy atom. The molecule has 0 radical (unpaired) electrons. The maximum absolute atomic E-state index is 13.4. The van der Waals surface area contributed by atoms with E-state index in [1.807, 2.05) is 13.8 Å². The number of pyridine rings is 1. The van der Waals surface area contributed by atoms with Crippen molar-refractivity contribution in [2.24, 2.45) is 11.7 Å². The molecule has 0 spiro atoms. The molecule has 5 nitrogen and oxygen atoms in total. The van der Waals surface area contributed by atoms with Gasteiger partial charge in [-0.15, -0.1) is 0 Å². The van der Waals surface area contributed by atoms with Gasteiger partial charge in [0.1, 0.15) is 0 Å². The number of hydrogen-bond donors (Lipinski definition) is 1. The average Bonchev–Trinajstić information content (AvgIpc) is 2.26. The second kappa shape index (κ2) is 6.09. The van der Waals surface area contributed by atoms with Crippen LogP contribution in [0.2, 0.25) is 0 Å². The van der Waals surface area contributed by atoms with Crippen LogP contribution in [0.5, 0.6) is 0 Å². The van der Waals surface area contributed by atoms with Crippen LogP contribution in [-0.2, 0) is 4.79 Å². The molecule has 0 unspecified atom stereocenters. The van der Waals surface area contributed by atoms with E-state index in [9.17, 15) is 14.0 Å². The lowest BCUT2D eigenvalue weighted by Gasteiger charge is -2.23. The Balaban J connectivity index is 2.95. The Morgan fingerprint density at radius 3 is 2.67 bits per heavy atom. The van der Waals surface area contributed by atoms with E-state index >= 15 is 0 Å². The number of amides is 2. The van der Waals surface area contributed by atoms with Crippen molar-refractivity contribution >= 4 is 11.8 Å². The minimum absolute atomic E-state index is 0.105. The van der Waals surface area contributed by atoms with Gasteiger partial charge < -0.3 is 10.6 Å². The van der Waals surface area contributed by atoms with Gasteiger partial charge in [-0.1, -0.05) is 13.8 Å². The summed E-state index contributed by atoms with van der Waals surface area (Å²) in [5, 5.41) is 0. The van der Waals surface area contributed by atoms with E-state index in [0.717, 1.165) is 6.20 Å². The molecule has 0 atom stereocenters. The van der Waals surface area contributed by atoms with Crippen LogP contribution in [0.15, 0.2) is 18.5 Å². The molecule has 0 aromatic carbocycles. The number of carbonyl (C=O) groups excluding carboxylic acids is 2. The normalized spacial score (nSPS) is 10.4. The molecule has 0 aliphatic heterocycles. The molecular formula is C12H16FN3O2. The summed E-state index contributed by atoms with van der Waals surface area (Å²) < 4.78 is 13.4. The zero-order valence-electron chi connectivity index (χ0n) is 10.4. The largest absolute Gasteiger partial charge is 0.368 e. The van der Waals surface area contributed by atoms with Gasteiger partial charge in [0.2, 0.25) is 5.91 Å². The molecule has 1 heterocycles. The summed E-state index contributed by atoms with van der Waals surface area (Å²) in [7, 11) is 0. The summed E-state index contributed by atoms with van der Waals surface area (Å²) in [6.07, 6.45) is 2.29. The lowest BCUT2D eigenvalue weighted by Crippen LogP contribution is -2.40. The second-order valence-corrected chi connectivity index (χ2v) is 4.40. The summed E-state index contributed by atoms with van der Waals surface area (Å²) in [4.78, 5) is 27.8. The van der Waals surface area contributed by atoms with Gasteiger partial charge in [-0.2, -0.15) is 0 Å². The number of aromatic nitrogens is 1. The zero-order chi connectivity index (χ0) is 13.7. The Hall–Kier alpha value is -1.98. The number of rotatable bonds is 5. The highest BCUT2D eigenvalue weighted by Crippen LogP contribution is 2.10. The highest BCUT2D eigenvalue weighted by Gasteiger charge is 2.21. The van der Waals surface area contributed by atoms with Gasteiger partial charge in [0, 0.05) is 12.7 Å². The Kier molecular flexibility index (Phi) is 4.76. The summed E-state index contributed by atoms with van der Waals surface area (Å²) >= 11 is 0. The van der Waals surface area contributed by atoms with Crippen molar-refractivity contribution in [2.45, 2.75) is 13.8 Å². The SMILES string of the molecule is CC(C)CN(CC(N)=O)C(=O)c1ccncc1F. The van der Waals surface area contributed by atoms with Gasteiger partial charge >= 0.3 is 0 Å². The molecule has 0 bridgehead atoms. The van der Waals surface area contributed by atoms with Crippen LogP contribution in [0.3, 0.4) is 0 Å². The van der Waals surface area contributed by atoms with Crippen LogP contribution in [0, 0.1) is 11.7 Å². The fourth-order valence-corrected chi connectivity index (χ4v) is 1.57. The van der Waals surface area contributed by atoms with Crippen LogP contribution in [0.1, 0.15) is 24.2 Å². The number of carbonyl (C=O) groups is 2. The molecule has 2 amide bonds. The van der Waals surface area contributed by atoms with Gasteiger partial charge in [-0.05, 0) is 12.0 Å². The number of primary amides is 1. The summed E-state index contributed by atoms with van der Waals surface area (Å²) in [5.74, 6) is -1.74. The minimum Gasteiger partial charge on any atom is -0.368 e. The fraction of sp³-hybridized carbons (Fsp3) is 0.417. The standard InChI is InChI=1S/C12H16FN3O2/c1-8(2)6-16(7-11(14)17)12(18)9-3-4-15-5-10(9)13/h3-5,8H,6-7H2,1-2H3,(H2,14,17). The molecule has 6 heteroatoms. The van der Waals surface area contributed by atoms with Crippen LogP contribution < -0.4 is 5.73 Å². The van der Waals surface area contributed by atoms with E-state index in [0.29, 0.717) is 6.54 Å². The van der Waals surface area contributed by atoms with Crippen LogP contribution in [0.4, 0.5) is 4.39 Å². The number of nitrogens with two attached hydrogens (primary N) is 1. The molecule has 0 saturated carbocycles. The molecule has 2 N–H and O–H groups in total. The molecule has 1 aromatic rings. The smallest absolute Gasteiger partial charge is 0.257 e. The summed E-state index contributed by atoms with van der Waals surface area (Å²) in [6.45, 7) is 3.90. The first-order valence-corrected chi connectivity index (χ1v) is 5.59. The van der Waals surface area contributed by atoms with Crippen LogP contribution in [-0.4, -0.2) is 34.8 Å². The van der Waals surface area contributed by atoms with Crippen LogP contribution >= 0.6 is 0 Å². The topological polar surface area (TPSA) is 76.3 Å². The second-order valence-electron chi connectivity index (χ2n) is 4.40. The predicted octanol–water partition coefficient (Wildman–Crippen LogP) is 0.804. The van der Waals surface area contributed by atoms with Crippen molar-refractivity contribution in [1.82, 2.24) is 9.88 Å². The first-order valence-electron chi connectivity index (χ1n) is 5.59. The monoisotopic (exact) mass is 253 g/mol. The number of nitrogens with zero attached hydrogens (tertiary/aromatic N) is 2. The van der Waals surface area contributed by atoms with E-state index < -0.39 is 17.6 Å². The average molecular weight is 253 g/mol. The first kappa shape index (κ1) is 14.1. The third-order valence-corrected chi connectivity index (χ3v) is 2.22. The third kappa shape index (κ3) is 3.80. The molecule has 0 saturated heterocycles. The Labute approximate surface area is 105 Å². The van der Waals surface area contributed by atoms with Gasteiger partial charge in [-0.25, -0.2) is 4.39 Å². The maximum atomic E-state index is 13.4. The summed E-state index contributed by atoms with van der Waals surface area (Å²) in [6, 6.07) is 1.28. The fourth-order valence-electron chi connectivity index (χ4n) is 1.57. The lowest BCUT2D eigenvalue weighted by molar-refractivity contribution is -0.118. The number of hydrogen-bond acceptors (Lipinski definition) is 3. The molecule has 0 fully saturated rings. The minimum atomic E-state index is -0.708. The van der Waals surface area contributed by atoms with E-state index in [1.54, 1.807) is 0 Å². The van der Waals surface area contributed by atoms with Crippen molar-refractivity contribution in [3.05, 3.63) is 29.8 Å². The van der Waals surface area contributed by atoms with Gasteiger partial charge in [0.05, 0.1) is 18.3 Å². The molecule has 1 rings (SSSR count). The summed E-state index contributed by atoms with van der Waals surface area (Å²) in [5.41, 5.74) is 4.98. The zero-order valence-corrected chi connectivity index (χ0v) is 10.4. The Morgan fingerprint density at radius 2 is 2.17 bits per heavy atom. The van der Waals surface area contributed by atoms with E-state index in [2.05, 4.69) is 4.98 Å². The van der Waals surface area contributed by atoms with Gasteiger partial charge in [0.15, 0.2) is 5.82 Å². The molecule has 18 heavy (non-hydrogen) atoms. The number of halogens is 1. The van der Waals surface area contributed by atoms with E-state index in [-0.39, 0.29) is 18.0 Å². The molecule has 0 aliphatic rings. The van der Waals surface area contributed by atoms with Crippen molar-refractivity contribution in [3.63, 3.8) is 0 Å².